The second-order valence-electron chi connectivity index (χ2n) is 4.43. The Hall–Kier alpha value is -1.64. The molecule has 0 aliphatic heterocycles. The first kappa shape index (κ1) is 14.8. The summed E-state index contributed by atoms with van der Waals surface area (Å²) in [5.41, 5.74) is 0.568. The number of sulfonamides is 1. The van der Waals surface area contributed by atoms with Gasteiger partial charge in [0.15, 0.2) is 0 Å². The van der Waals surface area contributed by atoms with Crippen LogP contribution in [0.3, 0.4) is 0 Å². The van der Waals surface area contributed by atoms with Crippen molar-refractivity contribution < 1.29 is 13.5 Å². The number of imidazole rings is 1. The third-order valence-corrected chi connectivity index (χ3v) is 4.54. The van der Waals surface area contributed by atoms with Gasteiger partial charge in [0.25, 0.3) is 0 Å². The van der Waals surface area contributed by atoms with Gasteiger partial charge in [-0.25, -0.2) is 18.1 Å². The predicted octanol–water partition coefficient (Wildman–Crippen LogP) is 0.763. The second-order valence-corrected chi connectivity index (χ2v) is 6.14. The third kappa shape index (κ3) is 2.92. The van der Waals surface area contributed by atoms with E-state index in [-0.39, 0.29) is 11.5 Å². The first-order valence-corrected chi connectivity index (χ1v) is 7.77. The molecule has 20 heavy (non-hydrogen) atoms. The van der Waals surface area contributed by atoms with Crippen molar-refractivity contribution in [1.29, 1.82) is 0 Å². The molecule has 0 saturated carbocycles. The van der Waals surface area contributed by atoms with Gasteiger partial charge in [0, 0.05) is 30.8 Å². The van der Waals surface area contributed by atoms with Gasteiger partial charge in [-0.2, -0.15) is 0 Å². The van der Waals surface area contributed by atoms with Crippen LogP contribution in [0.5, 0.6) is 0 Å². The van der Waals surface area contributed by atoms with E-state index in [2.05, 4.69) is 14.7 Å². The molecule has 8 heteroatoms. The Morgan fingerprint density at radius 2 is 2.30 bits per heavy atom. The lowest BCUT2D eigenvalue weighted by Gasteiger charge is -2.10. The molecular formula is C12H18N4O3S. The van der Waals surface area contributed by atoms with Gasteiger partial charge in [0.05, 0.1) is 17.5 Å². The lowest BCUT2D eigenvalue weighted by Crippen LogP contribution is -2.27. The van der Waals surface area contributed by atoms with Crippen molar-refractivity contribution in [1.82, 2.24) is 19.3 Å². The van der Waals surface area contributed by atoms with Crippen molar-refractivity contribution in [2.45, 2.75) is 37.9 Å². The van der Waals surface area contributed by atoms with E-state index in [1.807, 2.05) is 6.92 Å². The average molecular weight is 298 g/mol. The van der Waals surface area contributed by atoms with Gasteiger partial charge < -0.3 is 14.7 Å². The van der Waals surface area contributed by atoms with Crippen LogP contribution in [0.2, 0.25) is 0 Å². The number of H-pyrrole nitrogens is 1. The Labute approximate surface area is 117 Å². The first-order chi connectivity index (χ1) is 9.47. The van der Waals surface area contributed by atoms with E-state index >= 15 is 0 Å². The molecule has 2 rings (SSSR count). The highest BCUT2D eigenvalue weighted by Gasteiger charge is 2.22. The van der Waals surface area contributed by atoms with Crippen LogP contribution in [0, 0.1) is 0 Å². The maximum absolute atomic E-state index is 12.3. The molecule has 0 aromatic carbocycles. The van der Waals surface area contributed by atoms with Crippen LogP contribution in [-0.4, -0.2) is 28.1 Å². The van der Waals surface area contributed by atoms with Gasteiger partial charge in [-0.3, -0.25) is 0 Å². The summed E-state index contributed by atoms with van der Waals surface area (Å²) >= 11 is 0. The van der Waals surface area contributed by atoms with Crippen LogP contribution in [0.15, 0.2) is 29.6 Å². The summed E-state index contributed by atoms with van der Waals surface area (Å²) in [4.78, 5) is 7.03. The number of aromatic nitrogens is 3. The fraction of sp³-hybridized carbons (Fsp3) is 0.417. The number of nitrogens with zero attached hydrogens (tertiary/aromatic N) is 2. The van der Waals surface area contributed by atoms with Crippen molar-refractivity contribution in [3.8, 4) is 0 Å². The maximum Gasteiger partial charge on any atom is 0.242 e. The largest absolute Gasteiger partial charge is 0.390 e. The molecule has 1 unspecified atom stereocenters. The molecule has 0 saturated heterocycles. The molecule has 0 fully saturated rings. The van der Waals surface area contributed by atoms with Crippen LogP contribution < -0.4 is 4.72 Å². The van der Waals surface area contributed by atoms with Crippen LogP contribution in [0.4, 0.5) is 0 Å². The van der Waals surface area contributed by atoms with Gasteiger partial charge in [0.2, 0.25) is 10.0 Å². The van der Waals surface area contributed by atoms with Gasteiger partial charge in [0.1, 0.15) is 5.82 Å². The fourth-order valence-electron chi connectivity index (χ4n) is 1.97. The number of aryl methyl sites for hydroxylation is 1. The quantitative estimate of drug-likeness (QED) is 0.733. The molecule has 0 radical (unpaired) electrons. The molecule has 2 aromatic rings. The van der Waals surface area contributed by atoms with Crippen molar-refractivity contribution in [2.75, 3.05) is 0 Å². The van der Waals surface area contributed by atoms with Crippen molar-refractivity contribution in [3.63, 3.8) is 0 Å². The molecule has 7 nitrogen and oxygen atoms in total. The highest BCUT2D eigenvalue weighted by atomic mass is 32.2. The lowest BCUT2D eigenvalue weighted by atomic mass is 10.3. The average Bonchev–Trinajstić information content (AvgIpc) is 3.07. The number of aliphatic hydroxyl groups is 1. The minimum Gasteiger partial charge on any atom is -0.390 e. The van der Waals surface area contributed by atoms with Crippen LogP contribution >= 0.6 is 0 Å². The lowest BCUT2D eigenvalue weighted by molar-refractivity contribution is 0.271. The van der Waals surface area contributed by atoms with Gasteiger partial charge in [-0.05, 0) is 19.9 Å². The number of nitrogens with one attached hydrogen (secondary N) is 2. The van der Waals surface area contributed by atoms with E-state index in [0.29, 0.717) is 18.1 Å². The molecular weight excluding hydrogens is 280 g/mol. The smallest absolute Gasteiger partial charge is 0.242 e. The number of hydrogen-bond acceptors (Lipinski definition) is 4. The highest BCUT2D eigenvalue weighted by molar-refractivity contribution is 7.89. The van der Waals surface area contributed by atoms with E-state index in [1.54, 1.807) is 23.9 Å². The van der Waals surface area contributed by atoms with Crippen LogP contribution in [0.25, 0.3) is 0 Å². The SMILES string of the molecule is CCn1cc(S(=O)(=O)NC(C)c2ncc[nH]2)cc1CO. The molecule has 0 bridgehead atoms. The summed E-state index contributed by atoms with van der Waals surface area (Å²) in [6, 6.07) is 1.01. The Kier molecular flexibility index (Phi) is 4.26. The van der Waals surface area contributed by atoms with Gasteiger partial charge in [-0.1, -0.05) is 0 Å². The molecule has 2 heterocycles. The topological polar surface area (TPSA) is 100 Å². The van der Waals surface area contributed by atoms with Crippen molar-refractivity contribution >= 4 is 10.0 Å². The minimum atomic E-state index is -3.65. The Morgan fingerprint density at radius 3 is 2.80 bits per heavy atom. The summed E-state index contributed by atoms with van der Waals surface area (Å²) in [5, 5.41) is 9.21. The van der Waals surface area contributed by atoms with E-state index in [9.17, 15) is 13.5 Å². The summed E-state index contributed by atoms with van der Waals surface area (Å²) in [5.74, 6) is 0.547. The molecule has 0 aliphatic carbocycles. The maximum atomic E-state index is 12.3. The third-order valence-electron chi connectivity index (χ3n) is 3.04. The molecule has 2 aromatic heterocycles. The van der Waals surface area contributed by atoms with E-state index in [1.165, 1.54) is 12.3 Å². The molecule has 3 N–H and O–H groups in total. The first-order valence-electron chi connectivity index (χ1n) is 6.29. The standard InChI is InChI=1S/C12H18N4O3S/c1-3-16-7-11(6-10(16)8-17)20(18,19)15-9(2)12-13-4-5-14-12/h4-7,9,15,17H,3,8H2,1-2H3,(H,13,14). The molecule has 0 spiro atoms. The molecule has 1 atom stereocenters. The van der Waals surface area contributed by atoms with E-state index in [4.69, 9.17) is 0 Å². The number of hydrogen-bond donors (Lipinski definition) is 3. The normalized spacial score (nSPS) is 13.6. The van der Waals surface area contributed by atoms with Crippen LogP contribution in [0.1, 0.15) is 31.4 Å². The van der Waals surface area contributed by atoms with Crippen LogP contribution in [-0.2, 0) is 23.2 Å². The zero-order valence-corrected chi connectivity index (χ0v) is 12.2. The Morgan fingerprint density at radius 1 is 1.55 bits per heavy atom. The van der Waals surface area contributed by atoms with E-state index in [0.717, 1.165) is 0 Å². The number of aromatic amines is 1. The second kappa shape index (κ2) is 5.78. The zero-order valence-electron chi connectivity index (χ0n) is 11.4. The Balaban J connectivity index is 2.24. The highest BCUT2D eigenvalue weighted by Crippen LogP contribution is 2.17. The minimum absolute atomic E-state index is 0.141. The summed E-state index contributed by atoms with van der Waals surface area (Å²) in [6.07, 6.45) is 4.72. The molecule has 110 valence electrons. The number of rotatable bonds is 6. The molecule has 0 amide bonds. The summed E-state index contributed by atoms with van der Waals surface area (Å²) < 4.78 is 28.8. The van der Waals surface area contributed by atoms with E-state index < -0.39 is 16.1 Å². The predicted molar refractivity (Wildman–Crippen MR) is 73.4 cm³/mol. The van der Waals surface area contributed by atoms with Crippen molar-refractivity contribution in [2.24, 2.45) is 0 Å². The zero-order chi connectivity index (χ0) is 14.8. The number of aliphatic hydroxyl groups excluding tert-OH is 1. The van der Waals surface area contributed by atoms with Crippen molar-refractivity contribution in [3.05, 3.63) is 36.2 Å². The Bertz CT molecular complexity index is 639. The fourth-order valence-corrected chi connectivity index (χ4v) is 3.24. The van der Waals surface area contributed by atoms with Gasteiger partial charge >= 0.3 is 0 Å². The monoisotopic (exact) mass is 298 g/mol. The summed E-state index contributed by atoms with van der Waals surface area (Å²) in [6.45, 7) is 3.99. The molecule has 0 aliphatic rings. The van der Waals surface area contributed by atoms with Gasteiger partial charge in [-0.15, -0.1) is 0 Å². The summed E-state index contributed by atoms with van der Waals surface area (Å²) in [7, 11) is -3.65.